The van der Waals surface area contributed by atoms with Crippen molar-refractivity contribution >= 4 is 10.1 Å². The molecule has 12 heavy (non-hydrogen) atoms. The molecular weight excluding hydrogens is 192 g/mol. The van der Waals surface area contributed by atoms with Gasteiger partial charge in [-0.1, -0.05) is 0 Å². The number of rotatable bonds is 3. The lowest BCUT2D eigenvalue weighted by atomic mass is 10.4. The number of hydrogen-bond donors (Lipinski definition) is 0. The van der Waals surface area contributed by atoms with Crippen LogP contribution in [0.5, 0.6) is 0 Å². The minimum absolute atomic E-state index is 0.634. The number of hydrogen-bond acceptors (Lipinski definition) is 4. The summed E-state index contributed by atoms with van der Waals surface area (Å²) in [5.74, 6) is -0.969. The Morgan fingerprint density at radius 3 is 2.42 bits per heavy atom. The van der Waals surface area contributed by atoms with E-state index in [1.165, 1.54) is 0 Å². The smallest absolute Gasteiger partial charge is 0.302 e. The molecule has 0 rings (SSSR count). The fourth-order valence-corrected chi connectivity index (χ4v) is 1.22. The first kappa shape index (κ1) is 10.8. The van der Waals surface area contributed by atoms with E-state index < -0.39 is 27.5 Å². The van der Waals surface area contributed by atoms with Crippen molar-refractivity contribution in [1.29, 1.82) is 5.26 Å². The lowest BCUT2D eigenvalue weighted by molar-refractivity contribution is 0.409. The van der Waals surface area contributed by atoms with Gasteiger partial charge in [-0.15, -0.1) is 5.26 Å². The van der Waals surface area contributed by atoms with Gasteiger partial charge in [0.1, 0.15) is 5.75 Å². The highest BCUT2D eigenvalue weighted by atomic mass is 32.2. The first-order valence-electron chi connectivity index (χ1n) is 2.70. The van der Waals surface area contributed by atoms with Crippen LogP contribution in [-0.4, -0.2) is 14.2 Å². The molecule has 0 radical (unpaired) electrons. The summed E-state index contributed by atoms with van der Waals surface area (Å²) < 4.78 is 48.0. The fraction of sp³-hybridized carbons (Fsp3) is 0.400. The zero-order valence-electron chi connectivity index (χ0n) is 6.04. The lowest BCUT2D eigenvalue weighted by Crippen LogP contribution is -2.08. The number of halogens is 2. The topological polar surface area (TPSA) is 67.2 Å². The Labute approximate surface area is 68.2 Å². The molecule has 0 amide bonds. The molecule has 0 aliphatic heterocycles. The first-order valence-corrected chi connectivity index (χ1v) is 4.28. The molecule has 0 aliphatic rings. The van der Waals surface area contributed by atoms with Gasteiger partial charge in [-0.25, -0.2) is 0 Å². The summed E-state index contributed by atoms with van der Waals surface area (Å²) in [6.45, 7) is 0.938. The molecule has 7 heteroatoms. The maximum Gasteiger partial charge on any atom is 0.322 e. The van der Waals surface area contributed by atoms with Crippen molar-refractivity contribution in [2.45, 2.75) is 6.92 Å². The van der Waals surface area contributed by atoms with Gasteiger partial charge >= 0.3 is 16.4 Å². The molecule has 0 saturated carbocycles. The summed E-state index contributed by atoms with van der Waals surface area (Å²) in [5.41, 5.74) is -0.634. The second-order valence-electron chi connectivity index (χ2n) is 1.92. The SMILES string of the molecule is CC(CS(=O)(=O)OC#N)=C(F)F. The van der Waals surface area contributed by atoms with Gasteiger partial charge in [-0.2, -0.15) is 17.2 Å². The zero-order chi connectivity index (χ0) is 9.78. The van der Waals surface area contributed by atoms with E-state index in [0.29, 0.717) is 0 Å². The molecule has 4 nitrogen and oxygen atoms in total. The number of nitriles is 1. The van der Waals surface area contributed by atoms with Crippen LogP contribution in [0.15, 0.2) is 11.7 Å². The van der Waals surface area contributed by atoms with Crippen LogP contribution in [-0.2, 0) is 14.3 Å². The first-order chi connectivity index (χ1) is 5.39. The third kappa shape index (κ3) is 3.88. The number of nitrogens with zero attached hydrogens (tertiary/aromatic N) is 1. The van der Waals surface area contributed by atoms with Crippen LogP contribution >= 0.6 is 0 Å². The highest BCUT2D eigenvalue weighted by Crippen LogP contribution is 2.09. The second kappa shape index (κ2) is 4.01. The quantitative estimate of drug-likeness (QED) is 0.499. The van der Waals surface area contributed by atoms with Crippen LogP contribution in [0.3, 0.4) is 0 Å². The minimum atomic E-state index is -4.17. The summed E-state index contributed by atoms with van der Waals surface area (Å²) in [4.78, 5) is 0. The van der Waals surface area contributed by atoms with E-state index in [2.05, 4.69) is 4.18 Å². The van der Waals surface area contributed by atoms with E-state index in [1.54, 1.807) is 0 Å². The van der Waals surface area contributed by atoms with Crippen molar-refractivity contribution in [2.24, 2.45) is 0 Å². The molecule has 0 heterocycles. The van der Waals surface area contributed by atoms with Crippen molar-refractivity contribution in [3.8, 4) is 6.26 Å². The summed E-state index contributed by atoms with van der Waals surface area (Å²) >= 11 is 0. The Hall–Kier alpha value is -1.16. The largest absolute Gasteiger partial charge is 0.322 e. The maximum absolute atomic E-state index is 11.7. The van der Waals surface area contributed by atoms with Gasteiger partial charge < -0.3 is 4.18 Å². The average molecular weight is 197 g/mol. The Bertz CT molecular complexity index is 323. The van der Waals surface area contributed by atoms with E-state index >= 15 is 0 Å². The molecule has 0 bridgehead atoms. The van der Waals surface area contributed by atoms with Gasteiger partial charge in [0.2, 0.25) is 0 Å². The molecule has 0 aromatic carbocycles. The third-order valence-corrected chi connectivity index (χ3v) is 2.00. The van der Waals surface area contributed by atoms with Gasteiger partial charge in [0.15, 0.2) is 0 Å². The Kier molecular flexibility index (Phi) is 3.63. The predicted octanol–water partition coefficient (Wildman–Crippen LogP) is 0.984. The highest BCUT2D eigenvalue weighted by Gasteiger charge is 2.15. The van der Waals surface area contributed by atoms with Crippen LogP contribution < -0.4 is 0 Å². The van der Waals surface area contributed by atoms with Crippen LogP contribution in [0.4, 0.5) is 8.78 Å². The maximum atomic E-state index is 11.7. The summed E-state index contributed by atoms with van der Waals surface area (Å²) in [7, 11) is -4.17. The summed E-state index contributed by atoms with van der Waals surface area (Å²) in [6, 6.07) is 0. The van der Waals surface area contributed by atoms with Crippen LogP contribution in [0.25, 0.3) is 0 Å². The predicted molar refractivity (Wildman–Crippen MR) is 35.4 cm³/mol. The molecule has 0 aromatic heterocycles. The molecule has 0 N–H and O–H groups in total. The second-order valence-corrected chi connectivity index (χ2v) is 3.49. The highest BCUT2D eigenvalue weighted by molar-refractivity contribution is 7.87. The fourth-order valence-electron chi connectivity index (χ4n) is 0.406. The van der Waals surface area contributed by atoms with Crippen LogP contribution in [0, 0.1) is 11.5 Å². The standard InChI is InChI=1S/C5H5F2NO3S/c1-4(5(6)7)2-12(9,10)11-3-8/h2H2,1H3. The van der Waals surface area contributed by atoms with Crippen molar-refractivity contribution < 1.29 is 21.4 Å². The average Bonchev–Trinajstić information content (AvgIpc) is 1.85. The van der Waals surface area contributed by atoms with Crippen molar-refractivity contribution in [1.82, 2.24) is 0 Å². The van der Waals surface area contributed by atoms with E-state index in [1.807, 2.05) is 0 Å². The van der Waals surface area contributed by atoms with E-state index in [0.717, 1.165) is 13.2 Å². The molecule has 0 fully saturated rings. The van der Waals surface area contributed by atoms with Gasteiger partial charge in [-0.3, -0.25) is 0 Å². The molecule has 68 valence electrons. The van der Waals surface area contributed by atoms with Crippen LogP contribution in [0.1, 0.15) is 6.92 Å². The minimum Gasteiger partial charge on any atom is -0.302 e. The van der Waals surface area contributed by atoms with Gasteiger partial charge in [0, 0.05) is 5.57 Å². The molecule has 0 saturated heterocycles. The van der Waals surface area contributed by atoms with Crippen molar-refractivity contribution in [3.63, 3.8) is 0 Å². The molecule has 0 aliphatic carbocycles. The van der Waals surface area contributed by atoms with Gasteiger partial charge in [-0.05, 0) is 6.92 Å². The normalized spacial score (nSPS) is 10.2. The third-order valence-electron chi connectivity index (χ3n) is 0.880. The van der Waals surface area contributed by atoms with E-state index in [4.69, 9.17) is 5.26 Å². The Morgan fingerprint density at radius 1 is 1.58 bits per heavy atom. The monoisotopic (exact) mass is 197 g/mol. The van der Waals surface area contributed by atoms with E-state index in [9.17, 15) is 17.2 Å². The Balaban J connectivity index is 4.51. The molecule has 0 aromatic rings. The Morgan fingerprint density at radius 2 is 2.08 bits per heavy atom. The van der Waals surface area contributed by atoms with Gasteiger partial charge in [0.05, 0.1) is 0 Å². The lowest BCUT2D eigenvalue weighted by Gasteiger charge is -1.97. The molecule has 0 atom stereocenters. The van der Waals surface area contributed by atoms with Crippen molar-refractivity contribution in [2.75, 3.05) is 5.75 Å². The summed E-state index contributed by atoms with van der Waals surface area (Å²) in [5, 5.41) is 7.80. The molecule has 0 unspecified atom stereocenters. The zero-order valence-corrected chi connectivity index (χ0v) is 6.86. The summed E-state index contributed by atoms with van der Waals surface area (Å²) in [6.07, 6.45) is -1.19. The van der Waals surface area contributed by atoms with Gasteiger partial charge in [0.25, 0.3) is 6.08 Å². The van der Waals surface area contributed by atoms with E-state index in [-0.39, 0.29) is 0 Å². The molecular formula is C5H5F2NO3S. The molecule has 0 spiro atoms. The van der Waals surface area contributed by atoms with Crippen molar-refractivity contribution in [3.05, 3.63) is 11.7 Å². The van der Waals surface area contributed by atoms with Crippen LogP contribution in [0.2, 0.25) is 0 Å².